The van der Waals surface area contributed by atoms with Gasteiger partial charge in [0.05, 0.1) is 50.1 Å². The molecule has 2 aromatic rings. The first kappa shape index (κ1) is 43.5. The monoisotopic (exact) mass is 774 g/mol. The van der Waals surface area contributed by atoms with Crippen LogP contribution < -0.4 is 9.47 Å². The number of carbonyl (C=O) groups excluding carboxylic acids is 6. The van der Waals surface area contributed by atoms with Gasteiger partial charge in [0.2, 0.25) is 0 Å². The maximum atomic E-state index is 12.8. The Morgan fingerprint density at radius 3 is 1.04 bits per heavy atom. The molecular weight excluding hydrogens is 720 g/mol. The zero-order valence-electron chi connectivity index (χ0n) is 32.1. The number of hydrogen-bond acceptors (Lipinski definition) is 12. The van der Waals surface area contributed by atoms with Crippen molar-refractivity contribution in [3.63, 3.8) is 0 Å². The first-order valence-electron chi connectivity index (χ1n) is 19.7. The highest BCUT2D eigenvalue weighted by Crippen LogP contribution is 2.32. The first-order valence-corrected chi connectivity index (χ1v) is 19.7. The smallest absolute Gasteiger partial charge is 0.330 e. The van der Waals surface area contributed by atoms with Crippen molar-refractivity contribution in [3.05, 3.63) is 85.0 Å². The molecule has 0 radical (unpaired) electrons. The third kappa shape index (κ3) is 15.1. The average Bonchev–Trinajstić information content (AvgIpc) is 3.23. The van der Waals surface area contributed by atoms with Gasteiger partial charge in [0, 0.05) is 12.2 Å². The van der Waals surface area contributed by atoms with Crippen LogP contribution in [0.4, 0.5) is 0 Å². The van der Waals surface area contributed by atoms with Crippen molar-refractivity contribution >= 4 is 35.8 Å². The molecule has 0 atom stereocenters. The van der Waals surface area contributed by atoms with Crippen LogP contribution in [-0.4, -0.2) is 62.2 Å². The Bertz CT molecular complexity index is 1490. The molecule has 2 aromatic carbocycles. The molecule has 12 heteroatoms. The number of hydrogen-bond donors (Lipinski definition) is 0. The molecular formula is C44H54O12. The lowest BCUT2D eigenvalue weighted by molar-refractivity contribution is -0.152. The second-order valence-corrected chi connectivity index (χ2v) is 14.2. The molecule has 2 fully saturated rings. The van der Waals surface area contributed by atoms with Gasteiger partial charge < -0.3 is 28.4 Å². The summed E-state index contributed by atoms with van der Waals surface area (Å²) in [6.45, 7) is 7.72. The lowest BCUT2D eigenvalue weighted by Crippen LogP contribution is -2.29. The van der Waals surface area contributed by atoms with Gasteiger partial charge >= 0.3 is 35.8 Å². The van der Waals surface area contributed by atoms with Crippen LogP contribution in [0.1, 0.15) is 88.2 Å². The first-order chi connectivity index (χ1) is 27.1. The zero-order chi connectivity index (χ0) is 40.1. The van der Waals surface area contributed by atoms with Crippen molar-refractivity contribution in [2.45, 2.75) is 89.9 Å². The van der Waals surface area contributed by atoms with Crippen LogP contribution in [0.15, 0.2) is 73.8 Å². The van der Waals surface area contributed by atoms with Crippen LogP contribution in [0.3, 0.4) is 0 Å². The predicted octanol–water partition coefficient (Wildman–Crippen LogP) is 7.00. The van der Waals surface area contributed by atoms with E-state index in [4.69, 9.17) is 28.4 Å². The Morgan fingerprint density at radius 1 is 0.446 bits per heavy atom. The van der Waals surface area contributed by atoms with E-state index in [1.54, 1.807) is 24.3 Å². The molecule has 4 rings (SSSR count). The molecule has 302 valence electrons. The Kier molecular flexibility index (Phi) is 18.3. The maximum Gasteiger partial charge on any atom is 0.330 e. The summed E-state index contributed by atoms with van der Waals surface area (Å²) in [5.41, 5.74) is 2.17. The van der Waals surface area contributed by atoms with Crippen molar-refractivity contribution in [2.24, 2.45) is 23.7 Å². The Morgan fingerprint density at radius 2 is 0.732 bits per heavy atom. The number of benzene rings is 2. The molecule has 2 saturated carbocycles. The molecule has 0 bridgehead atoms. The topological polar surface area (TPSA) is 158 Å². The van der Waals surface area contributed by atoms with Gasteiger partial charge in [-0.1, -0.05) is 37.4 Å². The molecule has 0 aromatic heterocycles. The predicted molar refractivity (Wildman–Crippen MR) is 205 cm³/mol. The molecule has 0 heterocycles. The summed E-state index contributed by atoms with van der Waals surface area (Å²) >= 11 is 0. The fraction of sp³-hybridized carbons (Fsp3) is 0.500. The summed E-state index contributed by atoms with van der Waals surface area (Å²) in [7, 11) is 0. The number of carbonyl (C=O) groups is 6. The van der Waals surface area contributed by atoms with Crippen LogP contribution in [0, 0.1) is 23.7 Å². The van der Waals surface area contributed by atoms with E-state index in [1.807, 2.05) is 24.3 Å². The minimum Gasteiger partial charge on any atom is -0.465 e. The summed E-state index contributed by atoms with van der Waals surface area (Å²) in [5, 5.41) is 0. The Hall–Kier alpha value is -5.26. The van der Waals surface area contributed by atoms with Crippen LogP contribution in [0.25, 0.3) is 0 Å². The van der Waals surface area contributed by atoms with Crippen LogP contribution in [0.2, 0.25) is 0 Å². The van der Waals surface area contributed by atoms with Gasteiger partial charge in [-0.3, -0.25) is 19.2 Å². The maximum absolute atomic E-state index is 12.8. The van der Waals surface area contributed by atoms with E-state index < -0.39 is 11.9 Å². The van der Waals surface area contributed by atoms with Crippen molar-refractivity contribution < 1.29 is 57.2 Å². The van der Waals surface area contributed by atoms with Gasteiger partial charge in [-0.25, -0.2) is 9.59 Å². The SMILES string of the molecule is C=CC(=O)OCCCCOC(=O)C1CCC(C(=O)Oc2ccc(CCc3ccc(OC(=O)C4CCC(C(=O)OCCCCOC(=O)C=C)CC4)cc3)cc2)CC1. The zero-order valence-corrected chi connectivity index (χ0v) is 32.1. The largest absolute Gasteiger partial charge is 0.465 e. The molecule has 0 aliphatic heterocycles. The number of rotatable bonds is 21. The van der Waals surface area contributed by atoms with Gasteiger partial charge in [0.15, 0.2) is 0 Å². The normalized spacial score (nSPS) is 19.1. The summed E-state index contributed by atoms with van der Waals surface area (Å²) < 4.78 is 31.9. The molecule has 0 unspecified atom stereocenters. The van der Waals surface area contributed by atoms with E-state index in [1.165, 1.54) is 0 Å². The molecule has 0 saturated heterocycles. The van der Waals surface area contributed by atoms with E-state index in [2.05, 4.69) is 13.2 Å². The summed E-state index contributed by atoms with van der Waals surface area (Å²) in [5.74, 6) is -2.05. The minimum absolute atomic E-state index is 0.230. The lowest BCUT2D eigenvalue weighted by Gasteiger charge is -2.26. The van der Waals surface area contributed by atoms with Crippen molar-refractivity contribution in [1.29, 1.82) is 0 Å². The van der Waals surface area contributed by atoms with E-state index >= 15 is 0 Å². The van der Waals surface area contributed by atoms with Crippen molar-refractivity contribution in [1.82, 2.24) is 0 Å². The van der Waals surface area contributed by atoms with E-state index in [9.17, 15) is 28.8 Å². The highest BCUT2D eigenvalue weighted by Gasteiger charge is 2.33. The van der Waals surface area contributed by atoms with Crippen LogP contribution in [-0.2, 0) is 60.6 Å². The molecule has 2 aliphatic rings. The number of ether oxygens (including phenoxy) is 6. The van der Waals surface area contributed by atoms with E-state index in [0.29, 0.717) is 88.5 Å². The second kappa shape index (κ2) is 23.6. The molecule has 2 aliphatic carbocycles. The average molecular weight is 775 g/mol. The van der Waals surface area contributed by atoms with Gasteiger partial charge in [-0.2, -0.15) is 0 Å². The standard InChI is InChI=1S/C44H54O12/c1-3-39(45)51-27-5-7-29-53-41(47)33-15-19-35(20-16-33)43(49)55-37-23-11-31(12-24-37)9-10-32-13-25-38(26-14-32)56-44(50)36-21-17-34(18-22-36)42(48)54-30-8-6-28-52-40(46)4-2/h3-4,11-14,23-26,33-36H,1-2,5-10,15-22,27-30H2. The van der Waals surface area contributed by atoms with E-state index in [0.717, 1.165) is 36.1 Å². The van der Waals surface area contributed by atoms with Gasteiger partial charge in [-0.15, -0.1) is 0 Å². The minimum atomic E-state index is -0.471. The molecule has 0 N–H and O–H groups in total. The molecule has 0 spiro atoms. The highest BCUT2D eigenvalue weighted by atomic mass is 16.6. The van der Waals surface area contributed by atoms with Crippen molar-refractivity contribution in [3.8, 4) is 11.5 Å². The third-order valence-corrected chi connectivity index (χ3v) is 10.2. The number of esters is 6. The number of aryl methyl sites for hydroxylation is 2. The number of unbranched alkanes of at least 4 members (excludes halogenated alkanes) is 2. The summed E-state index contributed by atoms with van der Waals surface area (Å²) in [4.78, 5) is 72.7. The third-order valence-electron chi connectivity index (χ3n) is 10.2. The fourth-order valence-corrected chi connectivity index (χ4v) is 6.72. The van der Waals surface area contributed by atoms with Gasteiger partial charge in [0.1, 0.15) is 11.5 Å². The Labute approximate surface area is 328 Å². The molecule has 12 nitrogen and oxygen atoms in total. The van der Waals surface area contributed by atoms with E-state index in [-0.39, 0.29) is 74.0 Å². The van der Waals surface area contributed by atoms with Crippen LogP contribution in [0.5, 0.6) is 11.5 Å². The summed E-state index contributed by atoms with van der Waals surface area (Å²) in [6, 6.07) is 14.9. The highest BCUT2D eigenvalue weighted by molar-refractivity contribution is 5.81. The Balaban J connectivity index is 1.07. The van der Waals surface area contributed by atoms with Crippen LogP contribution >= 0.6 is 0 Å². The van der Waals surface area contributed by atoms with Crippen molar-refractivity contribution in [2.75, 3.05) is 26.4 Å². The molecule has 0 amide bonds. The van der Waals surface area contributed by atoms with Gasteiger partial charge in [0.25, 0.3) is 0 Å². The summed E-state index contributed by atoms with van der Waals surface area (Å²) in [6.07, 6.45) is 10.7. The molecule has 56 heavy (non-hydrogen) atoms. The lowest BCUT2D eigenvalue weighted by atomic mass is 9.82. The second-order valence-electron chi connectivity index (χ2n) is 14.2. The van der Waals surface area contributed by atoms with Gasteiger partial charge in [-0.05, 0) is 125 Å². The quantitative estimate of drug-likeness (QED) is 0.0421. The fourth-order valence-electron chi connectivity index (χ4n) is 6.72.